The van der Waals surface area contributed by atoms with Gasteiger partial charge in [-0.15, -0.1) is 0 Å². The minimum Gasteiger partial charge on any atom is -0.505 e. The van der Waals surface area contributed by atoms with Gasteiger partial charge in [0, 0.05) is 6.20 Å². The van der Waals surface area contributed by atoms with Crippen molar-refractivity contribution in [1.29, 1.82) is 0 Å². The zero-order chi connectivity index (χ0) is 17.2. The third-order valence-corrected chi connectivity index (χ3v) is 3.43. The van der Waals surface area contributed by atoms with E-state index in [1.54, 1.807) is 19.9 Å². The van der Waals surface area contributed by atoms with Crippen LogP contribution in [-0.4, -0.2) is 16.0 Å². The first kappa shape index (κ1) is 16.8. The summed E-state index contributed by atoms with van der Waals surface area (Å²) in [6.07, 6.45) is -3.00. The molecule has 0 saturated heterocycles. The summed E-state index contributed by atoms with van der Waals surface area (Å²) in [6.45, 7) is 3.26. The molecule has 2 aromatic rings. The van der Waals surface area contributed by atoms with Gasteiger partial charge in [0.1, 0.15) is 5.75 Å². The van der Waals surface area contributed by atoms with Crippen LogP contribution >= 0.6 is 0 Å². The second kappa shape index (κ2) is 6.28. The number of aromatic hydroxyl groups is 1. The van der Waals surface area contributed by atoms with Crippen LogP contribution in [0.5, 0.6) is 5.75 Å². The number of benzene rings is 1. The topological polar surface area (TPSA) is 62.2 Å². The molecule has 0 aliphatic heterocycles. The number of alkyl halides is 3. The van der Waals surface area contributed by atoms with Gasteiger partial charge in [0.25, 0.3) is 5.91 Å². The fourth-order valence-electron chi connectivity index (χ4n) is 2.03. The third-order valence-electron chi connectivity index (χ3n) is 3.43. The second-order valence-electron chi connectivity index (χ2n) is 5.14. The van der Waals surface area contributed by atoms with Gasteiger partial charge in [0.15, 0.2) is 5.69 Å². The smallest absolute Gasteiger partial charge is 0.416 e. The number of aryl methyl sites for hydroxylation is 1. The maximum atomic E-state index is 12.5. The van der Waals surface area contributed by atoms with E-state index in [1.165, 1.54) is 18.3 Å². The highest BCUT2D eigenvalue weighted by Crippen LogP contribution is 2.30. The summed E-state index contributed by atoms with van der Waals surface area (Å²) in [5.74, 6) is -0.816. The van der Waals surface area contributed by atoms with Crippen LogP contribution in [-0.2, 0) is 6.18 Å². The Morgan fingerprint density at radius 3 is 2.39 bits per heavy atom. The predicted molar refractivity (Wildman–Crippen MR) is 78.0 cm³/mol. The van der Waals surface area contributed by atoms with E-state index in [0.717, 1.165) is 12.1 Å². The highest BCUT2D eigenvalue weighted by molar-refractivity contribution is 5.95. The van der Waals surface area contributed by atoms with Gasteiger partial charge < -0.3 is 10.4 Å². The van der Waals surface area contributed by atoms with Crippen LogP contribution in [0.1, 0.15) is 40.1 Å². The number of carbonyl (C=O) groups is 1. The van der Waals surface area contributed by atoms with Crippen molar-refractivity contribution in [3.8, 4) is 5.75 Å². The normalized spacial score (nSPS) is 12.7. The number of hydrogen-bond acceptors (Lipinski definition) is 3. The molecule has 0 saturated carbocycles. The van der Waals surface area contributed by atoms with Gasteiger partial charge in [-0.3, -0.25) is 4.79 Å². The molecule has 0 spiro atoms. The van der Waals surface area contributed by atoms with Crippen molar-refractivity contribution in [2.45, 2.75) is 26.1 Å². The maximum Gasteiger partial charge on any atom is 0.416 e. The first-order valence-corrected chi connectivity index (χ1v) is 6.82. The number of amides is 1. The zero-order valence-corrected chi connectivity index (χ0v) is 12.5. The van der Waals surface area contributed by atoms with Crippen molar-refractivity contribution < 1.29 is 23.1 Å². The van der Waals surface area contributed by atoms with Crippen molar-refractivity contribution in [2.75, 3.05) is 0 Å². The monoisotopic (exact) mass is 324 g/mol. The number of nitrogens with one attached hydrogen (secondary N) is 1. The molecule has 1 amide bonds. The van der Waals surface area contributed by atoms with Crippen LogP contribution in [0.4, 0.5) is 13.2 Å². The lowest BCUT2D eigenvalue weighted by atomic mass is 10.1. The molecule has 0 radical (unpaired) electrons. The molecule has 0 bridgehead atoms. The van der Waals surface area contributed by atoms with Gasteiger partial charge in [-0.2, -0.15) is 13.2 Å². The van der Waals surface area contributed by atoms with Gasteiger partial charge >= 0.3 is 6.18 Å². The molecule has 4 nitrogen and oxygen atoms in total. The van der Waals surface area contributed by atoms with E-state index < -0.39 is 23.7 Å². The van der Waals surface area contributed by atoms with Crippen LogP contribution in [0.25, 0.3) is 0 Å². The van der Waals surface area contributed by atoms with Crippen LogP contribution in [0.15, 0.2) is 36.5 Å². The molecule has 2 rings (SSSR count). The molecule has 1 aromatic heterocycles. The molecule has 1 heterocycles. The summed E-state index contributed by atoms with van der Waals surface area (Å²) < 4.78 is 37.6. The van der Waals surface area contributed by atoms with E-state index in [-0.39, 0.29) is 11.4 Å². The fourth-order valence-corrected chi connectivity index (χ4v) is 2.03. The molecule has 0 aliphatic carbocycles. The quantitative estimate of drug-likeness (QED) is 0.907. The Kier molecular flexibility index (Phi) is 4.58. The molecule has 122 valence electrons. The molecule has 7 heteroatoms. The molecule has 0 fully saturated rings. The summed E-state index contributed by atoms with van der Waals surface area (Å²) in [4.78, 5) is 15.9. The molecule has 1 unspecified atom stereocenters. The van der Waals surface area contributed by atoms with Gasteiger partial charge in [0.2, 0.25) is 0 Å². The number of rotatable bonds is 3. The van der Waals surface area contributed by atoms with Crippen molar-refractivity contribution in [1.82, 2.24) is 10.3 Å². The zero-order valence-electron chi connectivity index (χ0n) is 12.5. The van der Waals surface area contributed by atoms with Crippen molar-refractivity contribution in [3.63, 3.8) is 0 Å². The van der Waals surface area contributed by atoms with E-state index in [1.807, 2.05) is 0 Å². The lowest BCUT2D eigenvalue weighted by Gasteiger charge is -2.16. The number of nitrogens with zero attached hydrogens (tertiary/aromatic N) is 1. The molecule has 23 heavy (non-hydrogen) atoms. The molecular formula is C16H15F3N2O2. The van der Waals surface area contributed by atoms with Crippen molar-refractivity contribution >= 4 is 5.91 Å². The van der Waals surface area contributed by atoms with Gasteiger partial charge in [-0.05, 0) is 43.2 Å². The van der Waals surface area contributed by atoms with Gasteiger partial charge in [0.05, 0.1) is 11.6 Å². The molecule has 1 atom stereocenters. The maximum absolute atomic E-state index is 12.5. The van der Waals surface area contributed by atoms with Gasteiger partial charge in [-0.25, -0.2) is 4.98 Å². The Balaban J connectivity index is 2.14. The SMILES string of the molecule is Cc1ccnc(C(=O)NC(C)c2ccc(C(F)(F)F)cc2)c1O. The second-order valence-corrected chi connectivity index (χ2v) is 5.14. The van der Waals surface area contributed by atoms with Crippen molar-refractivity contribution in [2.24, 2.45) is 0 Å². The summed E-state index contributed by atoms with van der Waals surface area (Å²) in [5.41, 5.74) is 0.146. The van der Waals surface area contributed by atoms with Crippen LogP contribution in [0.3, 0.4) is 0 Å². The minimum atomic E-state index is -4.40. The molecule has 0 aliphatic rings. The van der Waals surface area contributed by atoms with Crippen molar-refractivity contribution in [3.05, 3.63) is 58.9 Å². The molecular weight excluding hydrogens is 309 g/mol. The Morgan fingerprint density at radius 2 is 1.83 bits per heavy atom. The highest BCUT2D eigenvalue weighted by atomic mass is 19.4. The fraction of sp³-hybridized carbons (Fsp3) is 0.250. The highest BCUT2D eigenvalue weighted by Gasteiger charge is 2.30. The van der Waals surface area contributed by atoms with E-state index in [0.29, 0.717) is 11.1 Å². The Labute approximate surface area is 131 Å². The first-order valence-electron chi connectivity index (χ1n) is 6.82. The van der Waals surface area contributed by atoms with E-state index in [4.69, 9.17) is 0 Å². The van der Waals surface area contributed by atoms with E-state index in [9.17, 15) is 23.1 Å². The number of carbonyl (C=O) groups excluding carboxylic acids is 1. The summed E-state index contributed by atoms with van der Waals surface area (Å²) in [6, 6.07) is 5.55. The number of hydrogen-bond donors (Lipinski definition) is 2. The standard InChI is InChI=1S/C16H15F3N2O2/c1-9-7-8-20-13(14(9)22)15(23)21-10(2)11-3-5-12(6-4-11)16(17,18)19/h3-8,10,22H,1-2H3,(H,21,23). The lowest BCUT2D eigenvalue weighted by Crippen LogP contribution is -2.27. The summed E-state index contributed by atoms with van der Waals surface area (Å²) in [7, 11) is 0. The molecule has 1 aromatic carbocycles. The van der Waals surface area contributed by atoms with E-state index >= 15 is 0 Å². The van der Waals surface area contributed by atoms with Gasteiger partial charge in [-0.1, -0.05) is 12.1 Å². The minimum absolute atomic E-state index is 0.122. The predicted octanol–water partition coefficient (Wildman–Crippen LogP) is 3.61. The van der Waals surface area contributed by atoms with Crippen LogP contribution in [0, 0.1) is 6.92 Å². The third kappa shape index (κ3) is 3.80. The number of aromatic nitrogens is 1. The first-order chi connectivity index (χ1) is 10.7. The average Bonchev–Trinajstić information content (AvgIpc) is 2.49. The Bertz CT molecular complexity index is 712. The summed E-state index contributed by atoms with van der Waals surface area (Å²) >= 11 is 0. The van der Waals surface area contributed by atoms with E-state index in [2.05, 4.69) is 10.3 Å². The summed E-state index contributed by atoms with van der Waals surface area (Å²) in [5, 5.41) is 12.4. The largest absolute Gasteiger partial charge is 0.505 e. The number of pyridine rings is 1. The Hall–Kier alpha value is -2.57. The average molecular weight is 324 g/mol. The lowest BCUT2D eigenvalue weighted by molar-refractivity contribution is -0.137. The number of halogens is 3. The van der Waals surface area contributed by atoms with Crippen LogP contribution < -0.4 is 5.32 Å². The molecule has 2 N–H and O–H groups in total. The van der Waals surface area contributed by atoms with Crippen LogP contribution in [0.2, 0.25) is 0 Å². The Morgan fingerprint density at radius 1 is 1.22 bits per heavy atom.